The van der Waals surface area contributed by atoms with Crippen molar-refractivity contribution >= 4 is 17.2 Å². The number of carbonyl (C=O) groups excluding carboxylic acids is 1. The minimum absolute atomic E-state index is 0.116. The Kier molecular flexibility index (Phi) is 4.50. The van der Waals surface area contributed by atoms with Gasteiger partial charge >= 0.3 is 0 Å². The number of aromatic nitrogens is 3. The van der Waals surface area contributed by atoms with Crippen LogP contribution in [0, 0.1) is 19.8 Å². The first-order valence-corrected chi connectivity index (χ1v) is 8.62. The number of aryl methyl sites for hydroxylation is 2. The number of amides is 1. The van der Waals surface area contributed by atoms with Crippen molar-refractivity contribution in [3.05, 3.63) is 33.5 Å². The predicted octanol–water partition coefficient (Wildman–Crippen LogP) is 2.23. The van der Waals surface area contributed by atoms with Crippen LogP contribution in [0.1, 0.15) is 34.5 Å². The van der Waals surface area contributed by atoms with Gasteiger partial charge in [0.15, 0.2) is 0 Å². The Morgan fingerprint density at radius 3 is 2.91 bits per heavy atom. The molecule has 2 aromatic heterocycles. The van der Waals surface area contributed by atoms with Crippen LogP contribution in [0.15, 0.2) is 11.6 Å². The van der Waals surface area contributed by atoms with E-state index in [1.54, 1.807) is 22.4 Å². The summed E-state index contributed by atoms with van der Waals surface area (Å²) >= 11 is 1.57. The first-order valence-electron chi connectivity index (χ1n) is 7.74. The average molecular weight is 334 g/mol. The largest absolute Gasteiger partial charge is 0.373 e. The van der Waals surface area contributed by atoms with Gasteiger partial charge in [-0.25, -0.2) is 4.98 Å². The van der Waals surface area contributed by atoms with Crippen LogP contribution in [0.25, 0.3) is 0 Å². The number of nitrogens with zero attached hydrogens (tertiary/aromatic N) is 4. The molecule has 0 saturated carbocycles. The molecule has 0 spiro atoms. The summed E-state index contributed by atoms with van der Waals surface area (Å²) in [5.41, 5.74) is 3.07. The molecule has 1 fully saturated rings. The van der Waals surface area contributed by atoms with Crippen LogP contribution in [0.3, 0.4) is 0 Å². The van der Waals surface area contributed by atoms with Crippen LogP contribution in [-0.4, -0.2) is 39.2 Å². The highest BCUT2D eigenvalue weighted by Gasteiger charge is 2.39. The summed E-state index contributed by atoms with van der Waals surface area (Å²) < 4.78 is 7.77. The molecule has 3 heterocycles. The highest BCUT2D eigenvalue weighted by molar-refractivity contribution is 7.09. The molecule has 1 saturated heterocycles. The number of thiazole rings is 1. The van der Waals surface area contributed by atoms with E-state index in [4.69, 9.17) is 4.74 Å². The number of rotatable bonds is 4. The molecule has 0 N–H and O–H groups in total. The molecule has 2 aromatic rings. The minimum Gasteiger partial charge on any atom is -0.373 e. The zero-order valence-electron chi connectivity index (χ0n) is 13.9. The molecule has 7 heteroatoms. The lowest BCUT2D eigenvalue weighted by Gasteiger charge is -2.24. The van der Waals surface area contributed by atoms with E-state index in [-0.39, 0.29) is 17.9 Å². The van der Waals surface area contributed by atoms with Crippen molar-refractivity contribution in [3.8, 4) is 0 Å². The molecule has 0 aliphatic carbocycles. The summed E-state index contributed by atoms with van der Waals surface area (Å²) in [5, 5.41) is 7.34. The van der Waals surface area contributed by atoms with Crippen molar-refractivity contribution in [3.63, 3.8) is 0 Å². The van der Waals surface area contributed by atoms with Crippen molar-refractivity contribution in [1.29, 1.82) is 0 Å². The van der Waals surface area contributed by atoms with Crippen LogP contribution >= 0.6 is 11.3 Å². The Bertz CT molecular complexity index is 695. The molecule has 6 nitrogen and oxygen atoms in total. The first kappa shape index (κ1) is 16.1. The van der Waals surface area contributed by atoms with Gasteiger partial charge in [0.25, 0.3) is 0 Å². The van der Waals surface area contributed by atoms with Gasteiger partial charge in [-0.1, -0.05) is 0 Å². The second kappa shape index (κ2) is 6.41. The van der Waals surface area contributed by atoms with Crippen LogP contribution < -0.4 is 0 Å². The normalized spacial score (nSPS) is 20.9. The van der Waals surface area contributed by atoms with E-state index in [1.807, 2.05) is 38.0 Å². The molecule has 3 rings (SSSR count). The lowest BCUT2D eigenvalue weighted by Crippen LogP contribution is -2.34. The van der Waals surface area contributed by atoms with Gasteiger partial charge < -0.3 is 9.64 Å². The Morgan fingerprint density at radius 1 is 1.52 bits per heavy atom. The molecular formula is C16H22N4O2S. The maximum Gasteiger partial charge on any atom is 0.228 e. The van der Waals surface area contributed by atoms with Gasteiger partial charge in [0.1, 0.15) is 5.01 Å². The fourth-order valence-electron chi connectivity index (χ4n) is 3.22. The zero-order chi connectivity index (χ0) is 16.6. The molecule has 23 heavy (non-hydrogen) atoms. The summed E-state index contributed by atoms with van der Waals surface area (Å²) in [4.78, 5) is 18.9. The van der Waals surface area contributed by atoms with Gasteiger partial charge in [-0.15, -0.1) is 11.3 Å². The Morgan fingerprint density at radius 2 is 2.30 bits per heavy atom. The lowest BCUT2D eigenvalue weighted by atomic mass is 9.93. The topological polar surface area (TPSA) is 60.3 Å². The van der Waals surface area contributed by atoms with Gasteiger partial charge in [0.05, 0.1) is 24.3 Å². The molecule has 1 amide bonds. The molecule has 124 valence electrons. The van der Waals surface area contributed by atoms with E-state index < -0.39 is 0 Å². The molecule has 0 radical (unpaired) electrons. The zero-order valence-corrected chi connectivity index (χ0v) is 14.8. The van der Waals surface area contributed by atoms with E-state index in [2.05, 4.69) is 10.1 Å². The molecule has 0 bridgehead atoms. The van der Waals surface area contributed by atoms with Gasteiger partial charge in [-0.05, 0) is 20.3 Å². The smallest absolute Gasteiger partial charge is 0.228 e. The third-order valence-corrected chi connectivity index (χ3v) is 5.25. The van der Waals surface area contributed by atoms with Crippen molar-refractivity contribution in [2.75, 3.05) is 13.7 Å². The van der Waals surface area contributed by atoms with Crippen molar-refractivity contribution in [2.45, 2.75) is 32.9 Å². The Hall–Kier alpha value is -1.73. The van der Waals surface area contributed by atoms with Crippen LogP contribution in [0.5, 0.6) is 0 Å². The number of hydrogen-bond acceptors (Lipinski definition) is 5. The maximum absolute atomic E-state index is 12.9. The maximum atomic E-state index is 12.9. The molecule has 2 atom stereocenters. The molecule has 0 unspecified atom stereocenters. The summed E-state index contributed by atoms with van der Waals surface area (Å²) in [5.74, 6) is -0.0353. The highest BCUT2D eigenvalue weighted by Crippen LogP contribution is 2.38. The summed E-state index contributed by atoms with van der Waals surface area (Å²) in [6, 6.07) is 0. The van der Waals surface area contributed by atoms with Gasteiger partial charge in [-0.3, -0.25) is 9.48 Å². The monoisotopic (exact) mass is 334 g/mol. The molecule has 0 aromatic carbocycles. The summed E-state index contributed by atoms with van der Waals surface area (Å²) in [7, 11) is 3.76. The third kappa shape index (κ3) is 3.03. The fraction of sp³-hybridized carbons (Fsp3) is 0.562. The quantitative estimate of drug-likeness (QED) is 0.860. The lowest BCUT2D eigenvalue weighted by molar-refractivity contribution is -0.136. The second-order valence-corrected chi connectivity index (χ2v) is 6.99. The van der Waals surface area contributed by atoms with Crippen LogP contribution in [0.2, 0.25) is 0 Å². The number of ether oxygens (including phenoxy) is 1. The van der Waals surface area contributed by atoms with Gasteiger partial charge in [-0.2, -0.15) is 5.10 Å². The van der Waals surface area contributed by atoms with E-state index in [0.29, 0.717) is 13.2 Å². The standard InChI is InChI=1S/C16H22N4O2S/c1-10-14(11(2)20(4)18-10)15-12(5-7-22-15)16(21)19(3)9-13-17-6-8-23-13/h6,8,12,15H,5,7,9H2,1-4H3/t12-,15-/m0/s1. The van der Waals surface area contributed by atoms with Crippen LogP contribution in [0.4, 0.5) is 0 Å². The average Bonchev–Trinajstić information content (AvgIpc) is 3.21. The summed E-state index contributed by atoms with van der Waals surface area (Å²) in [6.45, 7) is 5.16. The number of hydrogen-bond donors (Lipinski definition) is 0. The SMILES string of the molecule is Cc1nn(C)c(C)c1[C@H]1OCC[C@@H]1C(=O)N(C)Cc1nccs1. The molecule has 1 aliphatic rings. The first-order chi connectivity index (χ1) is 11.0. The Balaban J connectivity index is 1.79. The van der Waals surface area contributed by atoms with Gasteiger partial charge in [0.2, 0.25) is 5.91 Å². The Labute approximate surface area is 140 Å². The minimum atomic E-state index is -0.199. The van der Waals surface area contributed by atoms with E-state index in [1.165, 1.54) is 0 Å². The second-order valence-electron chi connectivity index (χ2n) is 6.01. The highest BCUT2D eigenvalue weighted by atomic mass is 32.1. The molecular weight excluding hydrogens is 312 g/mol. The summed E-state index contributed by atoms with van der Waals surface area (Å²) in [6.07, 6.45) is 2.32. The number of carbonyl (C=O) groups is 1. The van der Waals surface area contributed by atoms with Gasteiger partial charge in [0, 0.05) is 43.5 Å². The van der Waals surface area contributed by atoms with Crippen molar-refractivity contribution in [1.82, 2.24) is 19.7 Å². The third-order valence-electron chi connectivity index (χ3n) is 4.49. The van der Waals surface area contributed by atoms with E-state index >= 15 is 0 Å². The predicted molar refractivity (Wildman–Crippen MR) is 88.1 cm³/mol. The molecule has 1 aliphatic heterocycles. The van der Waals surface area contributed by atoms with E-state index in [9.17, 15) is 4.79 Å². The van der Waals surface area contributed by atoms with Crippen LogP contribution in [-0.2, 0) is 23.1 Å². The van der Waals surface area contributed by atoms with Crippen molar-refractivity contribution < 1.29 is 9.53 Å². The fourth-order valence-corrected chi connectivity index (χ4v) is 3.89. The van der Waals surface area contributed by atoms with Crippen molar-refractivity contribution in [2.24, 2.45) is 13.0 Å². The van der Waals surface area contributed by atoms with E-state index in [0.717, 1.165) is 28.4 Å².